The predicted octanol–water partition coefficient (Wildman–Crippen LogP) is 2.35. The maximum absolute atomic E-state index is 13.2. The minimum absolute atomic E-state index is 0.297. The normalized spacial score (nSPS) is 10.9. The number of hydrogen-bond acceptors (Lipinski definition) is 0. The Hall–Kier alpha value is -2.33. The quantitative estimate of drug-likeness (QED) is 0.514. The lowest BCUT2D eigenvalue weighted by Gasteiger charge is -2.17. The van der Waals surface area contributed by atoms with Gasteiger partial charge in [-0.2, -0.15) is 0 Å². The molecule has 0 spiro atoms. The summed E-state index contributed by atoms with van der Waals surface area (Å²) >= 11 is 0. The molecule has 110 valence electrons. The average Bonchev–Trinajstić information content (AvgIpc) is 2.53. The summed E-state index contributed by atoms with van der Waals surface area (Å²) in [5, 5.41) is 3.00. The fraction of sp³-hybridized carbons (Fsp3) is 0. The molecule has 0 atom stereocenters. The van der Waals surface area contributed by atoms with Crippen molar-refractivity contribution in [2.45, 2.75) is 0 Å². The van der Waals surface area contributed by atoms with E-state index in [2.05, 4.69) is 0 Å². The van der Waals surface area contributed by atoms with Gasteiger partial charge in [-0.25, -0.2) is 13.2 Å². The van der Waals surface area contributed by atoms with E-state index in [4.69, 9.17) is 0 Å². The van der Waals surface area contributed by atoms with Crippen LogP contribution < -0.4 is 15.6 Å². The molecule has 0 radical (unpaired) electrons. The summed E-state index contributed by atoms with van der Waals surface area (Å²) in [6, 6.07) is 19.0. The lowest BCUT2D eigenvalue weighted by Crippen LogP contribution is -2.51. The monoisotopic (exact) mass is 314 g/mol. The molecule has 3 aromatic rings. The second-order valence-electron chi connectivity index (χ2n) is 5.09. The van der Waals surface area contributed by atoms with E-state index in [-0.39, 0.29) is 17.5 Å². The highest BCUT2D eigenvalue weighted by molar-refractivity contribution is 6.95. The molecule has 0 aromatic heterocycles. The van der Waals surface area contributed by atoms with Crippen molar-refractivity contribution >= 4 is 24.4 Å². The molecule has 22 heavy (non-hydrogen) atoms. The molecule has 0 aliphatic rings. The maximum Gasteiger partial charge on any atom is 0.132 e. The number of rotatable bonds is 3. The second-order valence-corrected chi connectivity index (χ2v) is 7.95. The van der Waals surface area contributed by atoms with Crippen molar-refractivity contribution in [3.63, 3.8) is 0 Å². The third-order valence-electron chi connectivity index (χ3n) is 3.61. The Morgan fingerprint density at radius 2 is 0.636 bits per heavy atom. The van der Waals surface area contributed by atoms with Crippen molar-refractivity contribution in [3.8, 4) is 0 Å². The summed E-state index contributed by atoms with van der Waals surface area (Å²) in [5.74, 6) is -0.890. The van der Waals surface area contributed by atoms with Crippen molar-refractivity contribution in [1.82, 2.24) is 0 Å². The summed E-state index contributed by atoms with van der Waals surface area (Å²) in [6.45, 7) is 0. The molecule has 4 heteroatoms. The molecule has 0 amide bonds. The molecule has 0 aliphatic heterocycles. The van der Waals surface area contributed by atoms with Gasteiger partial charge in [0.2, 0.25) is 0 Å². The first-order valence-corrected chi connectivity index (χ1v) is 8.63. The van der Waals surface area contributed by atoms with Crippen LogP contribution in [-0.4, -0.2) is 8.80 Å². The van der Waals surface area contributed by atoms with Crippen molar-refractivity contribution in [3.05, 3.63) is 90.2 Å². The fourth-order valence-electron chi connectivity index (χ4n) is 2.54. The van der Waals surface area contributed by atoms with E-state index in [1.807, 2.05) is 0 Å². The van der Waals surface area contributed by atoms with E-state index in [9.17, 15) is 13.2 Å². The Morgan fingerprint density at radius 1 is 0.409 bits per heavy atom. The molecule has 3 aromatic carbocycles. The van der Waals surface area contributed by atoms with Crippen LogP contribution >= 0.6 is 0 Å². The Bertz CT molecular complexity index is 642. The Morgan fingerprint density at radius 3 is 0.864 bits per heavy atom. The van der Waals surface area contributed by atoms with Gasteiger partial charge in [0.25, 0.3) is 0 Å². The van der Waals surface area contributed by atoms with Gasteiger partial charge < -0.3 is 0 Å². The van der Waals surface area contributed by atoms with Crippen molar-refractivity contribution in [2.75, 3.05) is 0 Å². The average molecular weight is 314 g/mol. The van der Waals surface area contributed by atoms with Gasteiger partial charge in [0.05, 0.1) is 0 Å². The third-order valence-corrected chi connectivity index (χ3v) is 6.76. The molecule has 0 N–H and O–H groups in total. The van der Waals surface area contributed by atoms with Crippen molar-refractivity contribution < 1.29 is 13.2 Å². The fourth-order valence-corrected chi connectivity index (χ4v) is 5.43. The Kier molecular flexibility index (Phi) is 4.11. The van der Waals surface area contributed by atoms with Gasteiger partial charge in [-0.05, 0) is 36.4 Å². The van der Waals surface area contributed by atoms with Gasteiger partial charge in [-0.15, -0.1) is 0 Å². The van der Waals surface area contributed by atoms with Crippen molar-refractivity contribution in [2.24, 2.45) is 0 Å². The standard InChI is InChI=1S/C18H13F3Si/c19-13-1-7-16(8-2-13)22(17-9-3-14(20)4-10-17)18-11-5-15(21)6-12-18/h1-12,22H. The second kappa shape index (κ2) is 6.20. The highest BCUT2D eigenvalue weighted by Gasteiger charge is 2.19. The van der Waals surface area contributed by atoms with Crippen LogP contribution in [0.5, 0.6) is 0 Å². The number of hydrogen-bond donors (Lipinski definition) is 0. The van der Waals surface area contributed by atoms with E-state index < -0.39 is 8.80 Å². The predicted molar refractivity (Wildman–Crippen MR) is 85.3 cm³/mol. The molecular formula is C18H13F3Si. The molecule has 0 unspecified atom stereocenters. The zero-order chi connectivity index (χ0) is 15.5. The van der Waals surface area contributed by atoms with Crippen LogP contribution in [0.2, 0.25) is 0 Å². The number of benzene rings is 3. The molecule has 0 nitrogen and oxygen atoms in total. The van der Waals surface area contributed by atoms with E-state index in [0.29, 0.717) is 0 Å². The zero-order valence-corrected chi connectivity index (χ0v) is 12.8. The summed E-state index contributed by atoms with van der Waals surface area (Å²) in [6.07, 6.45) is 0. The van der Waals surface area contributed by atoms with Crippen LogP contribution in [0.15, 0.2) is 72.8 Å². The van der Waals surface area contributed by atoms with E-state index in [1.165, 1.54) is 36.4 Å². The lowest BCUT2D eigenvalue weighted by molar-refractivity contribution is 0.628. The molecule has 0 saturated heterocycles. The highest BCUT2D eigenvalue weighted by atomic mass is 28.3. The highest BCUT2D eigenvalue weighted by Crippen LogP contribution is 2.01. The Balaban J connectivity index is 2.10. The van der Waals surface area contributed by atoms with Gasteiger partial charge in [-0.1, -0.05) is 52.0 Å². The summed E-state index contributed by atoms with van der Waals surface area (Å²) in [4.78, 5) is 0. The minimum Gasteiger partial charge on any atom is -0.207 e. The van der Waals surface area contributed by atoms with Crippen LogP contribution in [0.25, 0.3) is 0 Å². The largest absolute Gasteiger partial charge is 0.207 e. The maximum atomic E-state index is 13.2. The van der Waals surface area contributed by atoms with Gasteiger partial charge in [-0.3, -0.25) is 0 Å². The van der Waals surface area contributed by atoms with E-state index >= 15 is 0 Å². The summed E-state index contributed by atoms with van der Waals surface area (Å²) in [5.41, 5.74) is 0. The van der Waals surface area contributed by atoms with E-state index in [0.717, 1.165) is 15.6 Å². The summed E-state index contributed by atoms with van der Waals surface area (Å²) < 4.78 is 39.5. The van der Waals surface area contributed by atoms with Gasteiger partial charge in [0, 0.05) is 0 Å². The van der Waals surface area contributed by atoms with Gasteiger partial charge >= 0.3 is 0 Å². The third kappa shape index (κ3) is 3.12. The molecule has 0 saturated carbocycles. The van der Waals surface area contributed by atoms with Crippen LogP contribution in [-0.2, 0) is 0 Å². The molecule has 3 rings (SSSR count). The SMILES string of the molecule is Fc1ccc([SiH](c2ccc(F)cc2)c2ccc(F)cc2)cc1. The first-order chi connectivity index (χ1) is 10.6. The lowest BCUT2D eigenvalue weighted by atomic mass is 10.3. The van der Waals surface area contributed by atoms with E-state index in [1.54, 1.807) is 36.4 Å². The first-order valence-electron chi connectivity index (χ1n) is 6.90. The van der Waals surface area contributed by atoms with Crippen molar-refractivity contribution in [1.29, 1.82) is 0 Å². The molecule has 0 aliphatic carbocycles. The zero-order valence-electron chi connectivity index (χ0n) is 11.6. The molecule has 0 fully saturated rings. The van der Waals surface area contributed by atoms with Gasteiger partial charge in [0.1, 0.15) is 26.2 Å². The first kappa shape index (κ1) is 14.6. The van der Waals surface area contributed by atoms with Crippen LogP contribution in [0.3, 0.4) is 0 Å². The van der Waals surface area contributed by atoms with Gasteiger partial charge in [0.15, 0.2) is 0 Å². The van der Waals surface area contributed by atoms with Crippen LogP contribution in [0.1, 0.15) is 0 Å². The minimum atomic E-state index is -1.87. The smallest absolute Gasteiger partial charge is 0.132 e. The van der Waals surface area contributed by atoms with Crippen LogP contribution in [0.4, 0.5) is 13.2 Å². The summed E-state index contributed by atoms with van der Waals surface area (Å²) in [7, 11) is -1.87. The molecule has 0 heterocycles. The topological polar surface area (TPSA) is 0 Å². The molecular weight excluding hydrogens is 301 g/mol. The number of halogens is 3. The molecule has 0 bridgehead atoms. The van der Waals surface area contributed by atoms with Crippen LogP contribution in [0, 0.1) is 17.5 Å². The Labute approximate surface area is 128 Å².